The Kier molecular flexibility index (Phi) is 3.88. The molecule has 0 aliphatic rings. The van der Waals surface area contributed by atoms with E-state index in [4.69, 9.17) is 10.5 Å². The molecule has 0 amide bonds. The van der Waals surface area contributed by atoms with Gasteiger partial charge in [-0.25, -0.2) is 0 Å². The second-order valence-electron chi connectivity index (χ2n) is 4.21. The van der Waals surface area contributed by atoms with E-state index in [9.17, 15) is 0 Å². The summed E-state index contributed by atoms with van der Waals surface area (Å²) in [4.78, 5) is 0. The van der Waals surface area contributed by atoms with Crippen molar-refractivity contribution in [3.63, 3.8) is 0 Å². The summed E-state index contributed by atoms with van der Waals surface area (Å²) in [6.45, 7) is 4.51. The van der Waals surface area contributed by atoms with E-state index < -0.39 is 0 Å². The van der Waals surface area contributed by atoms with Gasteiger partial charge in [0.2, 0.25) is 0 Å². The summed E-state index contributed by atoms with van der Waals surface area (Å²) in [6, 6.07) is 7.66. The highest BCUT2D eigenvalue weighted by Crippen LogP contribution is 2.16. The first-order valence-corrected chi connectivity index (χ1v) is 5.95. The van der Waals surface area contributed by atoms with Gasteiger partial charge in [0, 0.05) is 6.42 Å². The van der Waals surface area contributed by atoms with Gasteiger partial charge in [0.1, 0.15) is 5.75 Å². The first kappa shape index (κ1) is 12.5. The van der Waals surface area contributed by atoms with Crippen molar-refractivity contribution in [3.8, 4) is 11.4 Å². The van der Waals surface area contributed by atoms with Gasteiger partial charge in [0.25, 0.3) is 0 Å². The van der Waals surface area contributed by atoms with E-state index >= 15 is 0 Å². The molecular weight excluding hydrogens is 230 g/mol. The Morgan fingerprint density at radius 3 is 2.61 bits per heavy atom. The van der Waals surface area contributed by atoms with Gasteiger partial charge >= 0.3 is 0 Å². The summed E-state index contributed by atoms with van der Waals surface area (Å²) in [5.41, 5.74) is 6.42. The van der Waals surface area contributed by atoms with Crippen LogP contribution in [0.1, 0.15) is 19.7 Å². The molecule has 96 valence electrons. The molecule has 0 unspecified atom stereocenters. The predicted molar refractivity (Wildman–Crippen MR) is 67.7 cm³/mol. The standard InChI is InChI=1S/C12H17N5O/c1-9(2)18-11-5-3-10(4-6-11)17-12(7-8-13)14-15-16-17/h3-6,9H,7-8,13H2,1-2H3. The predicted octanol–water partition coefficient (Wildman–Crippen LogP) is 0.951. The van der Waals surface area contributed by atoms with Gasteiger partial charge in [-0.15, -0.1) is 5.10 Å². The highest BCUT2D eigenvalue weighted by atomic mass is 16.5. The molecule has 0 saturated heterocycles. The molecule has 1 heterocycles. The molecule has 0 saturated carbocycles. The molecule has 0 aliphatic heterocycles. The summed E-state index contributed by atoms with van der Waals surface area (Å²) in [6.07, 6.45) is 0.814. The number of ether oxygens (including phenoxy) is 1. The Morgan fingerprint density at radius 1 is 1.28 bits per heavy atom. The highest BCUT2D eigenvalue weighted by Gasteiger charge is 2.07. The molecule has 1 aromatic carbocycles. The normalized spacial score (nSPS) is 10.9. The van der Waals surface area contributed by atoms with Gasteiger partial charge in [0.15, 0.2) is 5.82 Å². The van der Waals surface area contributed by atoms with Crippen LogP contribution in [0.5, 0.6) is 5.75 Å². The van der Waals surface area contributed by atoms with Crippen molar-refractivity contribution < 1.29 is 4.74 Å². The maximum Gasteiger partial charge on any atom is 0.157 e. The smallest absolute Gasteiger partial charge is 0.157 e. The topological polar surface area (TPSA) is 78.8 Å². The molecule has 0 atom stereocenters. The molecule has 0 radical (unpaired) electrons. The van der Waals surface area contributed by atoms with Crippen LogP contribution in [-0.2, 0) is 6.42 Å². The highest BCUT2D eigenvalue weighted by molar-refractivity contribution is 5.37. The van der Waals surface area contributed by atoms with Crippen LogP contribution in [0.3, 0.4) is 0 Å². The molecule has 2 rings (SSSR count). The van der Waals surface area contributed by atoms with E-state index in [1.165, 1.54) is 0 Å². The summed E-state index contributed by atoms with van der Waals surface area (Å²) in [5, 5.41) is 11.6. The van der Waals surface area contributed by atoms with Crippen LogP contribution < -0.4 is 10.5 Å². The minimum absolute atomic E-state index is 0.164. The van der Waals surface area contributed by atoms with Crippen molar-refractivity contribution in [1.29, 1.82) is 0 Å². The number of rotatable bonds is 5. The largest absolute Gasteiger partial charge is 0.491 e. The van der Waals surface area contributed by atoms with Crippen molar-refractivity contribution in [2.24, 2.45) is 5.73 Å². The number of nitrogens with two attached hydrogens (primary N) is 1. The molecular formula is C12H17N5O. The van der Waals surface area contributed by atoms with E-state index in [0.29, 0.717) is 13.0 Å². The molecule has 18 heavy (non-hydrogen) atoms. The molecule has 0 aliphatic carbocycles. The zero-order valence-corrected chi connectivity index (χ0v) is 10.6. The van der Waals surface area contributed by atoms with Crippen LogP contribution in [0.15, 0.2) is 24.3 Å². The van der Waals surface area contributed by atoms with Crippen LogP contribution in [0.4, 0.5) is 0 Å². The molecule has 1 aromatic heterocycles. The number of hydrogen-bond donors (Lipinski definition) is 1. The van der Waals surface area contributed by atoms with Crippen LogP contribution in [-0.4, -0.2) is 32.9 Å². The van der Waals surface area contributed by atoms with Crippen molar-refractivity contribution in [2.75, 3.05) is 6.54 Å². The summed E-state index contributed by atoms with van der Waals surface area (Å²) >= 11 is 0. The number of aromatic nitrogens is 4. The quantitative estimate of drug-likeness (QED) is 0.851. The minimum atomic E-state index is 0.164. The fourth-order valence-corrected chi connectivity index (χ4v) is 1.63. The molecule has 0 fully saturated rings. The van der Waals surface area contributed by atoms with E-state index in [-0.39, 0.29) is 6.10 Å². The van der Waals surface area contributed by atoms with Crippen molar-refractivity contribution in [2.45, 2.75) is 26.4 Å². The minimum Gasteiger partial charge on any atom is -0.491 e. The fraction of sp³-hybridized carbons (Fsp3) is 0.417. The maximum absolute atomic E-state index is 5.58. The van der Waals surface area contributed by atoms with Gasteiger partial charge in [-0.2, -0.15) is 4.68 Å². The zero-order valence-electron chi connectivity index (χ0n) is 10.6. The third-order valence-corrected chi connectivity index (χ3v) is 2.36. The molecule has 6 heteroatoms. The lowest BCUT2D eigenvalue weighted by Crippen LogP contribution is -2.10. The molecule has 2 N–H and O–H groups in total. The molecule has 2 aromatic rings. The SMILES string of the molecule is CC(C)Oc1ccc(-n2nnnc2CCN)cc1. The number of nitrogens with zero attached hydrogens (tertiary/aromatic N) is 4. The van der Waals surface area contributed by atoms with Crippen molar-refractivity contribution >= 4 is 0 Å². The Labute approximate surface area is 106 Å². The number of benzene rings is 1. The second kappa shape index (κ2) is 5.59. The van der Waals surface area contributed by atoms with Crippen molar-refractivity contribution in [3.05, 3.63) is 30.1 Å². The van der Waals surface area contributed by atoms with Crippen molar-refractivity contribution in [1.82, 2.24) is 20.2 Å². The third kappa shape index (κ3) is 2.84. The lowest BCUT2D eigenvalue weighted by atomic mass is 10.3. The van der Waals surface area contributed by atoms with Crippen LogP contribution in [0.25, 0.3) is 5.69 Å². The lowest BCUT2D eigenvalue weighted by molar-refractivity contribution is 0.242. The Hall–Kier alpha value is -1.95. The number of tetrazole rings is 1. The first-order valence-electron chi connectivity index (χ1n) is 5.95. The first-order chi connectivity index (χ1) is 8.70. The van der Waals surface area contributed by atoms with E-state index in [2.05, 4.69) is 15.5 Å². The Balaban J connectivity index is 2.20. The number of hydrogen-bond acceptors (Lipinski definition) is 5. The summed E-state index contributed by atoms with van der Waals surface area (Å²) < 4.78 is 7.27. The second-order valence-corrected chi connectivity index (χ2v) is 4.21. The summed E-state index contributed by atoms with van der Waals surface area (Å²) in [5.74, 6) is 1.59. The van der Waals surface area contributed by atoms with Crippen LogP contribution in [0, 0.1) is 0 Å². The Bertz CT molecular complexity index is 491. The molecule has 0 bridgehead atoms. The third-order valence-electron chi connectivity index (χ3n) is 2.36. The maximum atomic E-state index is 5.58. The van der Waals surface area contributed by atoms with Crippen LogP contribution in [0.2, 0.25) is 0 Å². The average molecular weight is 247 g/mol. The van der Waals surface area contributed by atoms with Gasteiger partial charge < -0.3 is 10.5 Å². The monoisotopic (exact) mass is 247 g/mol. The Morgan fingerprint density at radius 2 is 2.00 bits per heavy atom. The van der Waals surface area contributed by atoms with E-state index in [0.717, 1.165) is 17.3 Å². The van der Waals surface area contributed by atoms with E-state index in [1.54, 1.807) is 4.68 Å². The van der Waals surface area contributed by atoms with Gasteiger partial charge in [-0.1, -0.05) is 0 Å². The van der Waals surface area contributed by atoms with Gasteiger partial charge in [-0.05, 0) is 55.1 Å². The lowest BCUT2D eigenvalue weighted by Gasteiger charge is -2.10. The van der Waals surface area contributed by atoms with Gasteiger partial charge in [-0.3, -0.25) is 0 Å². The molecule has 6 nitrogen and oxygen atoms in total. The van der Waals surface area contributed by atoms with E-state index in [1.807, 2.05) is 38.1 Å². The van der Waals surface area contributed by atoms with Crippen LogP contribution >= 0.6 is 0 Å². The molecule has 0 spiro atoms. The fourth-order valence-electron chi connectivity index (χ4n) is 1.63. The summed E-state index contributed by atoms with van der Waals surface area (Å²) in [7, 11) is 0. The average Bonchev–Trinajstić information content (AvgIpc) is 2.78. The van der Waals surface area contributed by atoms with Gasteiger partial charge in [0.05, 0.1) is 11.8 Å². The zero-order chi connectivity index (χ0) is 13.0.